The molecule has 3 rings (SSSR count). The summed E-state index contributed by atoms with van der Waals surface area (Å²) >= 11 is 1.14. The molecule has 1 heterocycles. The number of ether oxygens (including phenoxy) is 2. The Morgan fingerprint density at radius 1 is 1.00 bits per heavy atom. The highest BCUT2D eigenvalue weighted by atomic mass is 32.2. The third-order valence-electron chi connectivity index (χ3n) is 4.82. The van der Waals surface area contributed by atoms with Crippen molar-refractivity contribution >= 4 is 44.6 Å². The molecule has 0 aliphatic rings. The van der Waals surface area contributed by atoms with Gasteiger partial charge in [-0.05, 0) is 72.8 Å². The van der Waals surface area contributed by atoms with E-state index < -0.39 is 28.5 Å². The number of rotatable bonds is 9. The maximum atomic E-state index is 12.6. The molecule has 0 bridgehead atoms. The van der Waals surface area contributed by atoms with Crippen LogP contribution in [0.1, 0.15) is 11.1 Å². The Bertz CT molecular complexity index is 1220. The average Bonchev–Trinajstić information content (AvgIpc) is 3.34. The van der Waals surface area contributed by atoms with Gasteiger partial charge in [-0.2, -0.15) is 0 Å². The van der Waals surface area contributed by atoms with Crippen molar-refractivity contribution in [2.24, 2.45) is 0 Å². The summed E-state index contributed by atoms with van der Waals surface area (Å²) in [4.78, 5) is 23.9. The summed E-state index contributed by atoms with van der Waals surface area (Å²) in [5.41, 5.74) is 3.22. The first kappa shape index (κ1) is 24.3. The Morgan fingerprint density at radius 2 is 1.73 bits per heavy atom. The van der Waals surface area contributed by atoms with Crippen molar-refractivity contribution in [1.29, 1.82) is 0 Å². The molecule has 1 aromatic heterocycles. The largest absolute Gasteiger partial charge is 0.482 e. The molecule has 8 nitrogen and oxygen atoms in total. The summed E-state index contributed by atoms with van der Waals surface area (Å²) < 4.78 is 36.9. The van der Waals surface area contributed by atoms with Crippen LogP contribution >= 0.6 is 11.3 Å². The van der Waals surface area contributed by atoms with Crippen LogP contribution in [0.25, 0.3) is 0 Å². The van der Waals surface area contributed by atoms with Gasteiger partial charge in [0.1, 0.15) is 9.96 Å². The van der Waals surface area contributed by atoms with E-state index in [9.17, 15) is 18.0 Å². The monoisotopic (exact) mass is 488 g/mol. The van der Waals surface area contributed by atoms with Crippen LogP contribution in [0.5, 0.6) is 5.75 Å². The summed E-state index contributed by atoms with van der Waals surface area (Å²) in [6.07, 6.45) is 0. The van der Waals surface area contributed by atoms with Crippen molar-refractivity contribution in [3.8, 4) is 5.75 Å². The smallest absolute Gasteiger partial charge is 0.344 e. The third kappa shape index (κ3) is 6.33. The SMILES string of the molecule is Cc1ccc(NC(=O)COC(=O)COc2ccc(N(C)S(=O)(=O)c3cccs3)cc2)cc1C. The maximum Gasteiger partial charge on any atom is 0.344 e. The van der Waals surface area contributed by atoms with Gasteiger partial charge in [-0.3, -0.25) is 9.10 Å². The summed E-state index contributed by atoms with van der Waals surface area (Å²) in [5, 5.41) is 4.37. The first-order valence-corrected chi connectivity index (χ1v) is 12.3. The molecule has 1 amide bonds. The normalized spacial score (nSPS) is 11.0. The topological polar surface area (TPSA) is 102 Å². The maximum absolute atomic E-state index is 12.6. The number of amides is 1. The molecule has 0 fully saturated rings. The second-order valence-corrected chi connectivity index (χ2v) is 10.3. The zero-order valence-electron chi connectivity index (χ0n) is 18.4. The zero-order chi connectivity index (χ0) is 24.0. The number of nitrogens with one attached hydrogen (secondary N) is 1. The van der Waals surface area contributed by atoms with E-state index >= 15 is 0 Å². The van der Waals surface area contributed by atoms with Crippen LogP contribution in [-0.4, -0.2) is 40.6 Å². The van der Waals surface area contributed by atoms with Gasteiger partial charge in [0.2, 0.25) is 0 Å². The standard InChI is InChI=1S/C23H24N2O6S2/c1-16-6-7-18(13-17(16)2)24-21(26)14-31-22(27)15-30-20-10-8-19(9-11-20)25(3)33(28,29)23-5-4-12-32-23/h4-13H,14-15H2,1-3H3,(H,24,26). The van der Waals surface area contributed by atoms with Crippen LogP contribution in [0.15, 0.2) is 64.2 Å². The van der Waals surface area contributed by atoms with Gasteiger partial charge in [0.15, 0.2) is 13.2 Å². The molecule has 0 aliphatic heterocycles. The third-order valence-corrected chi connectivity index (χ3v) is 7.98. The lowest BCUT2D eigenvalue weighted by atomic mass is 10.1. The number of hydrogen-bond donors (Lipinski definition) is 1. The number of esters is 1. The lowest BCUT2D eigenvalue weighted by Gasteiger charge is -2.18. The highest BCUT2D eigenvalue weighted by Gasteiger charge is 2.22. The minimum atomic E-state index is -3.63. The summed E-state index contributed by atoms with van der Waals surface area (Å²) in [7, 11) is -2.17. The second kappa shape index (κ2) is 10.5. The highest BCUT2D eigenvalue weighted by molar-refractivity contribution is 7.94. The number of thiophene rings is 1. The molecule has 0 unspecified atom stereocenters. The first-order chi connectivity index (χ1) is 15.7. The van der Waals surface area contributed by atoms with Gasteiger partial charge in [-0.15, -0.1) is 11.3 Å². The van der Waals surface area contributed by atoms with Crippen molar-refractivity contribution in [3.63, 3.8) is 0 Å². The van der Waals surface area contributed by atoms with Gasteiger partial charge in [0, 0.05) is 12.7 Å². The number of carbonyl (C=O) groups is 2. The van der Waals surface area contributed by atoms with E-state index in [2.05, 4.69) is 5.32 Å². The summed E-state index contributed by atoms with van der Waals surface area (Å²) in [6, 6.07) is 15.0. The van der Waals surface area contributed by atoms with Crippen molar-refractivity contribution in [2.75, 3.05) is 29.9 Å². The molecule has 0 aliphatic carbocycles. The predicted octanol–water partition coefficient (Wildman–Crippen LogP) is 3.75. The van der Waals surface area contributed by atoms with Gasteiger partial charge in [-0.1, -0.05) is 12.1 Å². The lowest BCUT2D eigenvalue weighted by Crippen LogP contribution is -2.25. The van der Waals surface area contributed by atoms with Crippen LogP contribution < -0.4 is 14.4 Å². The van der Waals surface area contributed by atoms with E-state index in [0.29, 0.717) is 17.1 Å². The lowest BCUT2D eigenvalue weighted by molar-refractivity contribution is -0.149. The Hall–Kier alpha value is -3.37. The fraction of sp³-hybridized carbons (Fsp3) is 0.217. The van der Waals surface area contributed by atoms with E-state index in [1.165, 1.54) is 11.4 Å². The average molecular weight is 489 g/mol. The van der Waals surface area contributed by atoms with Crippen LogP contribution in [-0.2, 0) is 24.3 Å². The van der Waals surface area contributed by atoms with Gasteiger partial charge in [0.05, 0.1) is 5.69 Å². The van der Waals surface area contributed by atoms with Crippen LogP contribution in [0.4, 0.5) is 11.4 Å². The summed E-state index contributed by atoms with van der Waals surface area (Å²) in [6.45, 7) is 3.09. The van der Waals surface area contributed by atoms with Gasteiger partial charge >= 0.3 is 5.97 Å². The van der Waals surface area contributed by atoms with Crippen LogP contribution in [0, 0.1) is 13.8 Å². The number of carbonyl (C=O) groups excluding carboxylic acids is 2. The molecule has 0 saturated carbocycles. The Morgan fingerprint density at radius 3 is 2.36 bits per heavy atom. The first-order valence-electron chi connectivity index (χ1n) is 9.95. The van der Waals surface area contributed by atoms with E-state index in [1.807, 2.05) is 26.0 Å². The predicted molar refractivity (Wildman–Crippen MR) is 127 cm³/mol. The van der Waals surface area contributed by atoms with Crippen molar-refractivity contribution < 1.29 is 27.5 Å². The minimum Gasteiger partial charge on any atom is -0.482 e. The van der Waals surface area contributed by atoms with E-state index in [-0.39, 0.29) is 10.8 Å². The molecule has 1 N–H and O–H groups in total. The molecular formula is C23H24N2O6S2. The molecule has 0 radical (unpaired) electrons. The fourth-order valence-corrected chi connectivity index (χ4v) is 5.14. The molecule has 0 spiro atoms. The van der Waals surface area contributed by atoms with Crippen molar-refractivity contribution in [2.45, 2.75) is 18.1 Å². The highest BCUT2D eigenvalue weighted by Crippen LogP contribution is 2.26. The van der Waals surface area contributed by atoms with E-state index in [4.69, 9.17) is 9.47 Å². The number of hydrogen-bond acceptors (Lipinski definition) is 7. The summed E-state index contributed by atoms with van der Waals surface area (Å²) in [5.74, 6) is -0.796. The quantitative estimate of drug-likeness (QED) is 0.460. The number of aryl methyl sites for hydroxylation is 2. The van der Waals surface area contributed by atoms with Crippen molar-refractivity contribution in [1.82, 2.24) is 0 Å². The fourth-order valence-electron chi connectivity index (χ4n) is 2.78. The Balaban J connectivity index is 1.46. The molecule has 0 atom stereocenters. The number of nitrogens with zero attached hydrogens (tertiary/aromatic N) is 1. The van der Waals surface area contributed by atoms with E-state index in [1.54, 1.807) is 47.8 Å². The molecule has 10 heteroatoms. The Labute approximate surface area is 196 Å². The molecule has 0 saturated heterocycles. The van der Waals surface area contributed by atoms with Crippen LogP contribution in [0.3, 0.4) is 0 Å². The molecule has 33 heavy (non-hydrogen) atoms. The second-order valence-electron chi connectivity index (χ2n) is 7.20. The Kier molecular flexibility index (Phi) is 7.72. The van der Waals surface area contributed by atoms with Gasteiger partial charge < -0.3 is 14.8 Å². The number of benzene rings is 2. The number of sulfonamides is 1. The van der Waals surface area contributed by atoms with Gasteiger partial charge in [-0.25, -0.2) is 13.2 Å². The molecule has 2 aromatic carbocycles. The minimum absolute atomic E-state index is 0.245. The van der Waals surface area contributed by atoms with Crippen LogP contribution in [0.2, 0.25) is 0 Å². The molecule has 174 valence electrons. The molecular weight excluding hydrogens is 464 g/mol. The van der Waals surface area contributed by atoms with Gasteiger partial charge in [0.25, 0.3) is 15.9 Å². The zero-order valence-corrected chi connectivity index (χ0v) is 20.0. The molecule has 3 aromatic rings. The number of anilines is 2. The van der Waals surface area contributed by atoms with E-state index in [0.717, 1.165) is 22.5 Å². The van der Waals surface area contributed by atoms with Crippen molar-refractivity contribution in [3.05, 3.63) is 71.1 Å².